The molecule has 0 spiro atoms. The monoisotopic (exact) mass is 489 g/mol. The van der Waals surface area contributed by atoms with Crippen LogP contribution < -0.4 is 15.4 Å². The van der Waals surface area contributed by atoms with Crippen LogP contribution in [0.15, 0.2) is 29.2 Å². The van der Waals surface area contributed by atoms with E-state index in [1.165, 1.54) is 22.0 Å². The van der Waals surface area contributed by atoms with Crippen LogP contribution in [0.25, 0.3) is 0 Å². The summed E-state index contributed by atoms with van der Waals surface area (Å²) >= 11 is -2.12. The van der Waals surface area contributed by atoms with Gasteiger partial charge in [-0.15, -0.1) is 0 Å². The molecule has 0 saturated carbocycles. The lowest BCUT2D eigenvalue weighted by molar-refractivity contribution is -0.113. The number of fused-ring (bicyclic) bond motifs is 1. The summed E-state index contributed by atoms with van der Waals surface area (Å²) in [6.45, 7) is 17.5. The number of nitrogens with one attached hydrogen (secondary N) is 1. The van der Waals surface area contributed by atoms with Crippen molar-refractivity contribution in [3.63, 3.8) is 0 Å². The highest BCUT2D eigenvalue weighted by Gasteiger charge is 2.45. The second kappa shape index (κ2) is 9.95. The third-order valence-electron chi connectivity index (χ3n) is 6.59. The van der Waals surface area contributed by atoms with Gasteiger partial charge in [-0.3, -0.25) is 4.79 Å². The van der Waals surface area contributed by atoms with Gasteiger partial charge in [-0.2, -0.15) is 0 Å². The summed E-state index contributed by atoms with van der Waals surface area (Å²) in [6, 6.07) is 7.52. The molecule has 1 heterocycles. The van der Waals surface area contributed by atoms with E-state index in [1.807, 2.05) is 13.8 Å². The average Bonchev–Trinajstić information content (AvgIpc) is 2.71. The quantitative estimate of drug-likeness (QED) is 0.336. The Kier molecular flexibility index (Phi) is 7.85. The maximum Gasteiger partial charge on any atom is 0.190 e. The molecule has 0 aliphatic carbocycles. The molecule has 5 nitrogen and oxygen atoms in total. The number of ether oxygens (including phenoxy) is 1. The first-order chi connectivity index (χ1) is 15.3. The normalized spacial score (nSPS) is 21.6. The lowest BCUT2D eigenvalue weighted by atomic mass is 9.88. The molecule has 7 heteroatoms. The summed E-state index contributed by atoms with van der Waals surface area (Å²) in [5.74, 6) is 0.480. The fourth-order valence-corrected chi connectivity index (χ4v) is 8.19. The molecule has 0 radical (unpaired) electrons. The summed E-state index contributed by atoms with van der Waals surface area (Å²) in [4.78, 5) is 14.0. The molecule has 4 atom stereocenters. The molecule has 3 rings (SSSR count). The maximum atomic E-state index is 13.7. The average molecular weight is 490 g/mol. The Hall–Kier alpha value is -1.59. The van der Waals surface area contributed by atoms with Crippen LogP contribution in [-0.2, 0) is 15.9 Å². The van der Waals surface area contributed by atoms with Crippen LogP contribution in [-0.4, -0.2) is 38.6 Å². The number of carbonyl (C=O) groups is 1. The van der Waals surface area contributed by atoms with Gasteiger partial charge >= 0.3 is 0 Å². The van der Waals surface area contributed by atoms with Gasteiger partial charge in [0.1, 0.15) is 17.3 Å². The Labute approximate surface area is 201 Å². The van der Waals surface area contributed by atoms with Gasteiger partial charge < -0.3 is 14.6 Å². The van der Waals surface area contributed by atoms with Crippen molar-refractivity contribution in [1.82, 2.24) is 5.32 Å². The number of carbonyl (C=O) groups excluding carboxylic acids is 1. The van der Waals surface area contributed by atoms with Crippen molar-refractivity contribution in [1.29, 1.82) is 0 Å². The van der Waals surface area contributed by atoms with Gasteiger partial charge in [0, 0.05) is 20.4 Å². The summed E-state index contributed by atoms with van der Waals surface area (Å²) in [6.07, 6.45) is 0. The molecule has 33 heavy (non-hydrogen) atoms. The Morgan fingerprint density at radius 2 is 1.73 bits per heavy atom. The van der Waals surface area contributed by atoms with Crippen LogP contribution in [0, 0.1) is 27.7 Å². The second-order valence-corrected chi connectivity index (χ2v) is 13.9. The summed E-state index contributed by atoms with van der Waals surface area (Å²) in [7, 11) is -0.986. The van der Waals surface area contributed by atoms with E-state index in [9.17, 15) is 13.6 Å². The topological polar surface area (TPSA) is 75.6 Å². The zero-order chi connectivity index (χ0) is 24.7. The molecule has 2 aromatic carbocycles. The minimum Gasteiger partial charge on any atom is -0.491 e. The van der Waals surface area contributed by atoms with Crippen molar-refractivity contribution < 1.29 is 18.3 Å². The molecular formula is C26H36NO4PS. The minimum absolute atomic E-state index is 0.0654. The molecule has 0 saturated heterocycles. The highest BCUT2D eigenvalue weighted by molar-refractivity contribution is 7.83. The molecule has 2 aromatic rings. The van der Waals surface area contributed by atoms with E-state index in [-0.39, 0.29) is 27.5 Å². The van der Waals surface area contributed by atoms with Gasteiger partial charge in [-0.1, -0.05) is 39.8 Å². The first-order valence-corrected chi connectivity index (χ1v) is 13.8. The van der Waals surface area contributed by atoms with E-state index < -0.39 is 19.0 Å². The van der Waals surface area contributed by atoms with Crippen LogP contribution in [0.4, 0.5) is 0 Å². The van der Waals surface area contributed by atoms with Crippen LogP contribution in [0.5, 0.6) is 5.75 Å². The first-order valence-electron chi connectivity index (χ1n) is 11.4. The Bertz CT molecular complexity index is 1090. The minimum atomic E-state index is -2.12. The molecule has 0 aromatic heterocycles. The molecule has 0 fully saturated rings. The van der Waals surface area contributed by atoms with E-state index in [0.717, 1.165) is 11.1 Å². The van der Waals surface area contributed by atoms with Crippen molar-refractivity contribution in [2.24, 2.45) is 0 Å². The van der Waals surface area contributed by atoms with Crippen LogP contribution in [0.3, 0.4) is 0 Å². The molecule has 1 aliphatic rings. The molecular weight excluding hydrogens is 453 g/mol. The molecule has 0 bridgehead atoms. The number of hydrogen-bond donors (Lipinski definition) is 2. The van der Waals surface area contributed by atoms with Crippen molar-refractivity contribution in [2.45, 2.75) is 77.4 Å². The molecule has 0 amide bonds. The third kappa shape index (κ3) is 5.24. The van der Waals surface area contributed by atoms with Gasteiger partial charge in [0.25, 0.3) is 0 Å². The SMILES string of the molecule is Cc1cc(OCCN[C@@H]2C(=O)P(C(C)(C)C)c3ccc(C)c(C)c3C2C)c(S(=O)O)cc1C. The summed E-state index contributed by atoms with van der Waals surface area (Å²) in [5, 5.41) is 4.55. The molecule has 1 aliphatic heterocycles. The molecule has 3 unspecified atom stereocenters. The second-order valence-electron chi connectivity index (χ2n) is 9.99. The van der Waals surface area contributed by atoms with Crippen molar-refractivity contribution in [3.05, 3.63) is 52.1 Å². The number of benzene rings is 2. The predicted octanol–water partition coefficient (Wildman–Crippen LogP) is 5.09. The van der Waals surface area contributed by atoms with E-state index in [1.54, 1.807) is 12.1 Å². The maximum absolute atomic E-state index is 13.7. The van der Waals surface area contributed by atoms with Gasteiger partial charge in [0.05, 0.1) is 6.04 Å². The largest absolute Gasteiger partial charge is 0.491 e. The van der Waals surface area contributed by atoms with Gasteiger partial charge in [-0.05, 0) is 78.1 Å². The van der Waals surface area contributed by atoms with Gasteiger partial charge in [-0.25, -0.2) is 4.21 Å². The lowest BCUT2D eigenvalue weighted by Crippen LogP contribution is -2.49. The van der Waals surface area contributed by atoms with Crippen LogP contribution in [0.2, 0.25) is 0 Å². The smallest absolute Gasteiger partial charge is 0.190 e. The Morgan fingerprint density at radius 1 is 1.09 bits per heavy atom. The van der Waals surface area contributed by atoms with E-state index in [0.29, 0.717) is 18.9 Å². The predicted molar refractivity (Wildman–Crippen MR) is 138 cm³/mol. The lowest BCUT2D eigenvalue weighted by Gasteiger charge is -2.42. The number of rotatable bonds is 6. The van der Waals surface area contributed by atoms with Crippen LogP contribution in [0.1, 0.15) is 61.4 Å². The highest BCUT2D eigenvalue weighted by atomic mass is 32.2. The van der Waals surface area contributed by atoms with Crippen molar-refractivity contribution >= 4 is 29.8 Å². The van der Waals surface area contributed by atoms with E-state index in [4.69, 9.17) is 4.74 Å². The standard InChI is InChI=1S/C26H36NO4PS/c1-15-9-10-21-23(18(15)4)19(5)24(25(28)32(21)26(6,7)8)27-11-12-31-20-13-16(2)17(3)14-22(20)33(29)30/h9-10,13-14,19,24,27H,11-12H2,1-8H3,(H,29,30)/t19?,24-,32?/m0/s1. The van der Waals surface area contributed by atoms with Gasteiger partial charge in [0.15, 0.2) is 16.6 Å². The fraction of sp³-hybridized carbons (Fsp3) is 0.500. The zero-order valence-electron chi connectivity index (χ0n) is 20.9. The van der Waals surface area contributed by atoms with Crippen LogP contribution >= 0.6 is 7.92 Å². The molecule has 2 N–H and O–H groups in total. The fourth-order valence-electron chi connectivity index (χ4n) is 4.58. The zero-order valence-corrected chi connectivity index (χ0v) is 22.6. The number of hydrogen-bond acceptors (Lipinski definition) is 4. The Morgan fingerprint density at radius 3 is 2.33 bits per heavy atom. The summed E-state index contributed by atoms with van der Waals surface area (Å²) < 4.78 is 27.2. The Balaban J connectivity index is 1.81. The van der Waals surface area contributed by atoms with Gasteiger partial charge in [0.2, 0.25) is 0 Å². The first kappa shape index (κ1) is 26.0. The third-order valence-corrected chi connectivity index (χ3v) is 10.2. The van der Waals surface area contributed by atoms with E-state index in [2.05, 4.69) is 59.0 Å². The van der Waals surface area contributed by atoms with Crippen molar-refractivity contribution in [3.8, 4) is 5.75 Å². The molecule has 180 valence electrons. The highest BCUT2D eigenvalue weighted by Crippen LogP contribution is 2.55. The van der Waals surface area contributed by atoms with Crippen molar-refractivity contribution in [2.75, 3.05) is 13.2 Å². The summed E-state index contributed by atoms with van der Waals surface area (Å²) in [5.41, 5.74) is 6.06. The number of aryl methyl sites for hydroxylation is 3. The van der Waals surface area contributed by atoms with E-state index >= 15 is 0 Å².